The molecule has 202 valence electrons. The van der Waals surface area contributed by atoms with E-state index in [1.54, 1.807) is 12.3 Å². The third-order valence-corrected chi connectivity index (χ3v) is 7.95. The van der Waals surface area contributed by atoms with Gasteiger partial charge in [-0.3, -0.25) is 14.6 Å². The van der Waals surface area contributed by atoms with Crippen LogP contribution in [-0.2, 0) is 6.54 Å². The lowest BCUT2D eigenvalue weighted by molar-refractivity contribution is 0.0545. The van der Waals surface area contributed by atoms with Crippen LogP contribution < -0.4 is 10.2 Å². The third kappa shape index (κ3) is 7.60. The first-order valence-corrected chi connectivity index (χ1v) is 14.4. The summed E-state index contributed by atoms with van der Waals surface area (Å²) in [7, 11) is 0. The number of carbonyl (C=O) groups excluding carboxylic acids is 1. The molecule has 8 heteroatoms. The molecule has 2 aliphatic rings. The average molecular weight is 547 g/mol. The highest BCUT2D eigenvalue weighted by atomic mass is 35.5. The van der Waals surface area contributed by atoms with Crippen LogP contribution in [0, 0.1) is 5.92 Å². The van der Waals surface area contributed by atoms with Crippen molar-refractivity contribution in [2.45, 2.75) is 71.6 Å². The van der Waals surface area contributed by atoms with Crippen LogP contribution in [-0.4, -0.2) is 71.5 Å². The van der Waals surface area contributed by atoms with Gasteiger partial charge in [0, 0.05) is 55.5 Å². The minimum atomic E-state index is -0.138. The lowest BCUT2D eigenvalue weighted by atomic mass is 9.94. The van der Waals surface area contributed by atoms with Crippen LogP contribution in [0.15, 0.2) is 36.5 Å². The van der Waals surface area contributed by atoms with Crippen LogP contribution >= 0.6 is 23.2 Å². The molecule has 1 aromatic heterocycles. The van der Waals surface area contributed by atoms with E-state index in [1.807, 2.05) is 26.0 Å². The highest BCUT2D eigenvalue weighted by Gasteiger charge is 2.35. The van der Waals surface area contributed by atoms with Gasteiger partial charge in [0.25, 0.3) is 5.91 Å². The molecule has 2 aliphatic heterocycles. The van der Waals surface area contributed by atoms with E-state index in [4.69, 9.17) is 23.2 Å². The van der Waals surface area contributed by atoms with Crippen LogP contribution in [0.3, 0.4) is 0 Å². The number of carbonyl (C=O) groups is 1. The van der Waals surface area contributed by atoms with E-state index in [1.165, 1.54) is 18.4 Å². The number of nitrogens with zero attached hydrogens (tertiary/aromatic N) is 4. The number of likely N-dealkylation sites (tertiary alicyclic amines) is 1. The zero-order chi connectivity index (χ0) is 26.5. The second-order valence-corrected chi connectivity index (χ2v) is 12.1. The lowest BCUT2D eigenvalue weighted by Gasteiger charge is -2.48. The molecule has 2 fully saturated rings. The Kier molecular flexibility index (Phi) is 9.73. The number of rotatable bonds is 8. The minimum Gasteiger partial charge on any atom is -0.353 e. The molecule has 1 amide bonds. The van der Waals surface area contributed by atoms with Crippen molar-refractivity contribution in [2.75, 3.05) is 37.6 Å². The van der Waals surface area contributed by atoms with E-state index in [0.717, 1.165) is 56.5 Å². The van der Waals surface area contributed by atoms with Gasteiger partial charge in [-0.2, -0.15) is 0 Å². The van der Waals surface area contributed by atoms with Crippen LogP contribution in [0.1, 0.15) is 62.9 Å². The second-order valence-electron chi connectivity index (χ2n) is 11.3. The molecule has 3 heterocycles. The number of hydrogen-bond acceptors (Lipinski definition) is 5. The zero-order valence-electron chi connectivity index (χ0n) is 22.6. The van der Waals surface area contributed by atoms with E-state index in [9.17, 15) is 4.79 Å². The number of amides is 1. The number of piperidine rings is 1. The van der Waals surface area contributed by atoms with Crippen molar-refractivity contribution in [3.05, 3.63) is 57.7 Å². The van der Waals surface area contributed by atoms with E-state index < -0.39 is 0 Å². The van der Waals surface area contributed by atoms with Gasteiger partial charge in [0.15, 0.2) is 0 Å². The lowest BCUT2D eigenvalue weighted by Crippen LogP contribution is -2.59. The van der Waals surface area contributed by atoms with Crippen molar-refractivity contribution < 1.29 is 4.79 Å². The quantitative estimate of drug-likeness (QED) is 0.459. The number of halogens is 2. The van der Waals surface area contributed by atoms with Crippen molar-refractivity contribution in [1.29, 1.82) is 0 Å². The standard InChI is InChI=1S/C29H41Cl2N5O/c1-20(2)15-26-19-35(28-27(31)16-23(17-32-28)29(37)33-21(3)4)13-14-36(26)25-9-11-34(12-10-25)18-22-5-7-24(30)8-6-22/h5-8,16-17,20-21,25-26H,9-15,18-19H2,1-4H3,(H,33,37)/t26-/m0/s1. The number of anilines is 1. The number of aromatic nitrogens is 1. The first-order chi connectivity index (χ1) is 17.7. The van der Waals surface area contributed by atoms with Gasteiger partial charge < -0.3 is 10.2 Å². The van der Waals surface area contributed by atoms with Gasteiger partial charge in [-0.15, -0.1) is 0 Å². The van der Waals surface area contributed by atoms with Gasteiger partial charge in [0.05, 0.1) is 10.6 Å². The molecule has 2 saturated heterocycles. The predicted octanol–water partition coefficient (Wildman–Crippen LogP) is 5.73. The molecule has 6 nitrogen and oxygen atoms in total. The number of nitrogens with one attached hydrogen (secondary N) is 1. The molecule has 0 radical (unpaired) electrons. The Morgan fingerprint density at radius 1 is 1.05 bits per heavy atom. The Balaban J connectivity index is 1.38. The molecular formula is C29H41Cl2N5O. The fourth-order valence-electron chi connectivity index (χ4n) is 5.69. The molecule has 0 spiro atoms. The number of piperazine rings is 1. The SMILES string of the molecule is CC(C)C[C@H]1CN(c2ncc(C(=O)NC(C)C)cc2Cl)CCN1C1CCN(Cc2ccc(Cl)cc2)CC1. The molecule has 0 aliphatic carbocycles. The van der Waals surface area contributed by atoms with Crippen LogP contribution in [0.5, 0.6) is 0 Å². The molecule has 4 rings (SSSR count). The molecule has 1 atom stereocenters. The van der Waals surface area contributed by atoms with E-state index in [2.05, 4.69) is 51.0 Å². The molecule has 0 saturated carbocycles. The Bertz CT molecular complexity index is 1040. The second kappa shape index (κ2) is 12.8. The van der Waals surface area contributed by atoms with Gasteiger partial charge in [-0.05, 0) is 75.9 Å². The first-order valence-electron chi connectivity index (χ1n) is 13.6. The van der Waals surface area contributed by atoms with Gasteiger partial charge >= 0.3 is 0 Å². The highest BCUT2D eigenvalue weighted by Crippen LogP contribution is 2.31. The van der Waals surface area contributed by atoms with Crippen LogP contribution in [0.4, 0.5) is 5.82 Å². The zero-order valence-corrected chi connectivity index (χ0v) is 24.1. The van der Waals surface area contributed by atoms with Crippen molar-refractivity contribution in [1.82, 2.24) is 20.1 Å². The fourth-order valence-corrected chi connectivity index (χ4v) is 6.10. The molecular weight excluding hydrogens is 505 g/mol. The molecule has 2 aromatic rings. The fraction of sp³-hybridized carbons (Fsp3) is 0.586. The maximum Gasteiger partial charge on any atom is 0.253 e. The summed E-state index contributed by atoms with van der Waals surface area (Å²) in [4.78, 5) is 24.7. The third-order valence-electron chi connectivity index (χ3n) is 7.42. The largest absolute Gasteiger partial charge is 0.353 e. The van der Waals surface area contributed by atoms with Crippen LogP contribution in [0.25, 0.3) is 0 Å². The summed E-state index contributed by atoms with van der Waals surface area (Å²) in [5.41, 5.74) is 1.83. The Hall–Kier alpha value is -1.86. The summed E-state index contributed by atoms with van der Waals surface area (Å²) < 4.78 is 0. The summed E-state index contributed by atoms with van der Waals surface area (Å²) in [6, 6.07) is 11.1. The first kappa shape index (κ1) is 28.2. The summed E-state index contributed by atoms with van der Waals surface area (Å²) in [5, 5.41) is 4.25. The number of hydrogen-bond donors (Lipinski definition) is 1. The summed E-state index contributed by atoms with van der Waals surface area (Å²) >= 11 is 12.7. The minimum absolute atomic E-state index is 0.0696. The van der Waals surface area contributed by atoms with Gasteiger partial charge in [0.2, 0.25) is 0 Å². The molecule has 0 bridgehead atoms. The molecule has 1 N–H and O–H groups in total. The summed E-state index contributed by atoms with van der Waals surface area (Å²) in [5.74, 6) is 1.26. The van der Waals surface area contributed by atoms with Gasteiger partial charge in [-0.1, -0.05) is 49.2 Å². The predicted molar refractivity (Wildman–Crippen MR) is 154 cm³/mol. The summed E-state index contributed by atoms with van der Waals surface area (Å²) in [6.07, 6.45) is 5.19. The summed E-state index contributed by atoms with van der Waals surface area (Å²) in [6.45, 7) is 14.5. The monoisotopic (exact) mass is 545 g/mol. The molecule has 1 aromatic carbocycles. The number of benzene rings is 1. The Labute approximate surface area is 232 Å². The van der Waals surface area contributed by atoms with Crippen molar-refractivity contribution in [3.8, 4) is 0 Å². The highest BCUT2D eigenvalue weighted by molar-refractivity contribution is 6.33. The maximum absolute atomic E-state index is 12.4. The smallest absolute Gasteiger partial charge is 0.253 e. The van der Waals surface area contributed by atoms with Crippen molar-refractivity contribution >= 4 is 34.9 Å². The van der Waals surface area contributed by atoms with E-state index in [-0.39, 0.29) is 11.9 Å². The molecule has 37 heavy (non-hydrogen) atoms. The Morgan fingerprint density at radius 3 is 2.38 bits per heavy atom. The molecule has 0 unspecified atom stereocenters. The maximum atomic E-state index is 12.4. The van der Waals surface area contributed by atoms with Crippen molar-refractivity contribution in [3.63, 3.8) is 0 Å². The van der Waals surface area contributed by atoms with Gasteiger partial charge in [0.1, 0.15) is 5.82 Å². The van der Waals surface area contributed by atoms with Crippen LogP contribution in [0.2, 0.25) is 10.0 Å². The topological polar surface area (TPSA) is 51.7 Å². The average Bonchev–Trinajstić information content (AvgIpc) is 2.85. The number of pyridine rings is 1. The van der Waals surface area contributed by atoms with E-state index in [0.29, 0.717) is 28.6 Å². The van der Waals surface area contributed by atoms with E-state index >= 15 is 0 Å². The van der Waals surface area contributed by atoms with Crippen molar-refractivity contribution in [2.24, 2.45) is 5.92 Å². The normalized spacial score (nSPS) is 20.1. The Morgan fingerprint density at radius 2 is 1.76 bits per heavy atom. The van der Waals surface area contributed by atoms with Gasteiger partial charge in [-0.25, -0.2) is 4.98 Å².